The first-order valence-electron chi connectivity index (χ1n) is 7.33. The molecule has 1 aromatic carbocycles. The number of hydrogen-bond acceptors (Lipinski definition) is 4. The van der Waals surface area contributed by atoms with Gasteiger partial charge in [0.2, 0.25) is 0 Å². The molecule has 2 N–H and O–H groups in total. The second-order valence-corrected chi connectivity index (χ2v) is 5.99. The molecule has 7 nitrogen and oxygen atoms in total. The predicted octanol–water partition coefficient (Wildman–Crippen LogP) is 1.89. The van der Waals surface area contributed by atoms with Gasteiger partial charge in [-0.25, -0.2) is 4.68 Å². The third-order valence-corrected chi connectivity index (χ3v) is 4.01. The molecule has 1 atom stereocenters. The van der Waals surface area contributed by atoms with Crippen molar-refractivity contribution in [3.63, 3.8) is 0 Å². The highest BCUT2D eigenvalue weighted by Gasteiger charge is 2.33. The van der Waals surface area contributed by atoms with Crippen LogP contribution in [0, 0.1) is 5.92 Å². The molecule has 1 amide bonds. The summed E-state index contributed by atoms with van der Waals surface area (Å²) in [6.07, 6.45) is 3.14. The Morgan fingerprint density at radius 3 is 2.43 bits per heavy atom. The molecule has 0 fully saturated rings. The van der Waals surface area contributed by atoms with E-state index in [1.54, 1.807) is 48.3 Å². The van der Waals surface area contributed by atoms with Crippen LogP contribution in [0.25, 0.3) is 5.69 Å². The molecule has 0 saturated heterocycles. The number of nitrogens with one attached hydrogen (secondary N) is 1. The summed E-state index contributed by atoms with van der Waals surface area (Å²) in [5.74, 6) is -1.26. The van der Waals surface area contributed by atoms with Crippen molar-refractivity contribution < 1.29 is 14.7 Å². The lowest BCUT2D eigenvalue weighted by Gasteiger charge is -2.33. The lowest BCUT2D eigenvalue weighted by atomic mass is 9.85. The second-order valence-electron chi connectivity index (χ2n) is 5.99. The van der Waals surface area contributed by atoms with Gasteiger partial charge in [0.15, 0.2) is 0 Å². The molecule has 1 aromatic heterocycles. The molecule has 23 heavy (non-hydrogen) atoms. The maximum atomic E-state index is 12.4. The largest absolute Gasteiger partial charge is 0.481 e. The molecule has 0 radical (unpaired) electrons. The Morgan fingerprint density at radius 2 is 1.96 bits per heavy atom. The first-order chi connectivity index (χ1) is 10.8. The number of nitrogens with zero attached hydrogens (tertiary/aromatic N) is 3. The smallest absolute Gasteiger partial charge is 0.305 e. The van der Waals surface area contributed by atoms with Crippen molar-refractivity contribution in [3.8, 4) is 5.69 Å². The first kappa shape index (κ1) is 16.7. The Labute approximate surface area is 134 Å². The van der Waals surface area contributed by atoms with Gasteiger partial charge in [0.25, 0.3) is 5.91 Å². The lowest BCUT2D eigenvalue weighted by molar-refractivity contribution is -0.138. The summed E-state index contributed by atoms with van der Waals surface area (Å²) in [6.45, 7) is 5.52. The zero-order valence-electron chi connectivity index (χ0n) is 13.4. The van der Waals surface area contributed by atoms with E-state index in [1.165, 1.54) is 0 Å². The molecule has 2 aromatic rings. The van der Waals surface area contributed by atoms with Gasteiger partial charge in [-0.05, 0) is 37.1 Å². The number of rotatable bonds is 6. The van der Waals surface area contributed by atoms with Crippen molar-refractivity contribution in [2.24, 2.45) is 5.92 Å². The van der Waals surface area contributed by atoms with Gasteiger partial charge in [-0.15, -0.1) is 5.10 Å². The van der Waals surface area contributed by atoms with E-state index in [1.807, 2.05) is 13.8 Å². The number of carbonyl (C=O) groups is 2. The van der Waals surface area contributed by atoms with E-state index in [9.17, 15) is 9.59 Å². The van der Waals surface area contributed by atoms with Gasteiger partial charge in [-0.3, -0.25) is 9.59 Å². The summed E-state index contributed by atoms with van der Waals surface area (Å²) < 4.78 is 1.59. The number of aromatic nitrogens is 3. The Hall–Kier alpha value is -2.70. The Bertz CT molecular complexity index is 680. The van der Waals surface area contributed by atoms with Crippen molar-refractivity contribution in [2.75, 3.05) is 0 Å². The fourth-order valence-corrected chi connectivity index (χ4v) is 2.15. The molecule has 0 spiro atoms. The molecule has 2 rings (SSSR count). The second kappa shape index (κ2) is 6.60. The molecule has 0 saturated carbocycles. The van der Waals surface area contributed by atoms with Crippen LogP contribution in [0.2, 0.25) is 0 Å². The molecule has 7 heteroatoms. The van der Waals surface area contributed by atoms with Gasteiger partial charge in [-0.2, -0.15) is 0 Å². The topological polar surface area (TPSA) is 97.1 Å². The normalized spacial score (nSPS) is 13.6. The van der Waals surface area contributed by atoms with Crippen LogP contribution in [0.15, 0.2) is 36.7 Å². The molecule has 0 aliphatic carbocycles. The highest BCUT2D eigenvalue weighted by molar-refractivity contribution is 5.95. The Kier molecular flexibility index (Phi) is 4.78. The molecule has 1 unspecified atom stereocenters. The number of hydrogen-bond donors (Lipinski definition) is 2. The molecule has 0 aliphatic rings. The molecule has 122 valence electrons. The monoisotopic (exact) mass is 316 g/mol. The predicted molar refractivity (Wildman–Crippen MR) is 84.3 cm³/mol. The summed E-state index contributed by atoms with van der Waals surface area (Å²) in [4.78, 5) is 23.5. The molecule has 1 heterocycles. The van der Waals surface area contributed by atoms with Crippen molar-refractivity contribution >= 4 is 11.9 Å². The zero-order chi connectivity index (χ0) is 17.0. The number of amides is 1. The summed E-state index contributed by atoms with van der Waals surface area (Å²) >= 11 is 0. The Balaban J connectivity index is 2.15. The lowest BCUT2D eigenvalue weighted by Crippen LogP contribution is -2.51. The van der Waals surface area contributed by atoms with Crippen LogP contribution in [-0.2, 0) is 4.79 Å². The quantitative estimate of drug-likeness (QED) is 0.848. The number of carbonyl (C=O) groups excluding carboxylic acids is 1. The van der Waals surface area contributed by atoms with Crippen LogP contribution in [-0.4, -0.2) is 37.5 Å². The maximum absolute atomic E-state index is 12.4. The fraction of sp³-hybridized carbons (Fsp3) is 0.375. The van der Waals surface area contributed by atoms with Gasteiger partial charge in [0, 0.05) is 5.56 Å². The van der Waals surface area contributed by atoms with Gasteiger partial charge >= 0.3 is 5.97 Å². The van der Waals surface area contributed by atoms with E-state index in [0.29, 0.717) is 5.56 Å². The summed E-state index contributed by atoms with van der Waals surface area (Å²) in [5.41, 5.74) is 0.440. The minimum atomic E-state index is -0.942. The minimum Gasteiger partial charge on any atom is -0.481 e. The fourth-order valence-electron chi connectivity index (χ4n) is 2.15. The highest BCUT2D eigenvalue weighted by atomic mass is 16.4. The highest BCUT2D eigenvalue weighted by Crippen LogP contribution is 2.21. The van der Waals surface area contributed by atoms with Crippen LogP contribution >= 0.6 is 0 Å². The van der Waals surface area contributed by atoms with Crippen LogP contribution < -0.4 is 5.32 Å². The minimum absolute atomic E-state index is 0.0167. The average molecular weight is 316 g/mol. The van der Waals surface area contributed by atoms with E-state index in [-0.39, 0.29) is 18.2 Å². The molecular weight excluding hydrogens is 296 g/mol. The third kappa shape index (κ3) is 3.94. The van der Waals surface area contributed by atoms with Gasteiger partial charge in [0.05, 0.1) is 30.0 Å². The van der Waals surface area contributed by atoms with Gasteiger partial charge in [0.1, 0.15) is 0 Å². The number of carboxylic acid groups (broad SMARTS) is 1. The van der Waals surface area contributed by atoms with E-state index >= 15 is 0 Å². The van der Waals surface area contributed by atoms with E-state index in [0.717, 1.165) is 5.69 Å². The summed E-state index contributed by atoms with van der Waals surface area (Å²) in [7, 11) is 0. The molecule has 0 aliphatic heterocycles. The van der Waals surface area contributed by atoms with Crippen LogP contribution in [0.1, 0.15) is 37.6 Å². The van der Waals surface area contributed by atoms with Crippen LogP contribution in [0.4, 0.5) is 0 Å². The third-order valence-electron chi connectivity index (χ3n) is 4.01. The van der Waals surface area contributed by atoms with E-state index < -0.39 is 11.5 Å². The van der Waals surface area contributed by atoms with Crippen molar-refractivity contribution in [3.05, 3.63) is 42.2 Å². The summed E-state index contributed by atoms with van der Waals surface area (Å²) in [5, 5.41) is 19.5. The number of aliphatic carboxylic acids is 1. The number of carboxylic acids is 1. The van der Waals surface area contributed by atoms with E-state index in [4.69, 9.17) is 5.11 Å². The van der Waals surface area contributed by atoms with Crippen molar-refractivity contribution in [1.82, 2.24) is 20.3 Å². The van der Waals surface area contributed by atoms with Crippen molar-refractivity contribution in [2.45, 2.75) is 32.7 Å². The first-order valence-corrected chi connectivity index (χ1v) is 7.33. The zero-order valence-corrected chi connectivity index (χ0v) is 13.4. The van der Waals surface area contributed by atoms with Crippen LogP contribution in [0.3, 0.4) is 0 Å². The van der Waals surface area contributed by atoms with Crippen LogP contribution in [0.5, 0.6) is 0 Å². The summed E-state index contributed by atoms with van der Waals surface area (Å²) in [6, 6.07) is 6.86. The molecular formula is C16H20N4O3. The number of benzene rings is 1. The SMILES string of the molecule is CC(C)C(C)(CC(=O)O)NC(=O)c1ccc(-n2ccnn2)cc1. The van der Waals surface area contributed by atoms with E-state index in [2.05, 4.69) is 15.6 Å². The van der Waals surface area contributed by atoms with Gasteiger partial charge in [-0.1, -0.05) is 19.1 Å². The van der Waals surface area contributed by atoms with Gasteiger partial charge < -0.3 is 10.4 Å². The maximum Gasteiger partial charge on any atom is 0.305 e. The van der Waals surface area contributed by atoms with Crippen molar-refractivity contribution in [1.29, 1.82) is 0 Å². The molecule has 0 bridgehead atoms. The Morgan fingerprint density at radius 1 is 1.30 bits per heavy atom. The standard InChI is InChI=1S/C16H20N4O3/c1-11(2)16(3,10-14(21)22)18-15(23)12-4-6-13(7-5-12)20-9-8-17-19-20/h4-9,11H,10H2,1-3H3,(H,18,23)(H,21,22). The average Bonchev–Trinajstić information content (AvgIpc) is 3.00.